The van der Waals surface area contributed by atoms with E-state index in [2.05, 4.69) is 43.3 Å². The van der Waals surface area contributed by atoms with E-state index in [4.69, 9.17) is 4.74 Å². The summed E-state index contributed by atoms with van der Waals surface area (Å²) in [5.74, 6) is 0. The zero-order chi connectivity index (χ0) is 21.3. The van der Waals surface area contributed by atoms with E-state index < -0.39 is 37.1 Å². The first-order chi connectivity index (χ1) is 14.5. The van der Waals surface area contributed by atoms with Gasteiger partial charge in [-0.2, -0.15) is 0 Å². The van der Waals surface area contributed by atoms with Crippen LogP contribution in [-0.4, -0.2) is 66.0 Å². The molecule has 0 spiro atoms. The van der Waals surface area contributed by atoms with Gasteiger partial charge in [0.25, 0.3) is 0 Å². The van der Waals surface area contributed by atoms with Crippen LogP contribution in [0, 0.1) is 6.92 Å². The predicted octanol–water partition coefficient (Wildman–Crippen LogP) is 1.82. The summed E-state index contributed by atoms with van der Waals surface area (Å²) >= 11 is 0.257. The van der Waals surface area contributed by atoms with E-state index >= 15 is 0 Å². The fourth-order valence-corrected chi connectivity index (χ4v) is 6.03. The van der Waals surface area contributed by atoms with Crippen LogP contribution in [0.15, 0.2) is 60.7 Å². The van der Waals surface area contributed by atoms with Crippen LogP contribution in [0.1, 0.15) is 27.2 Å². The minimum atomic E-state index is -1.37. The third kappa shape index (κ3) is 4.32. The number of aliphatic hydroxyl groups excluding tert-OH is 4. The molecule has 2 heterocycles. The summed E-state index contributed by atoms with van der Waals surface area (Å²) in [4.78, 5) is 0. The molecule has 158 valence electrons. The van der Waals surface area contributed by atoms with Gasteiger partial charge in [-0.25, -0.2) is 0 Å². The second kappa shape index (κ2) is 9.16. The van der Waals surface area contributed by atoms with Crippen LogP contribution in [0.25, 0.3) is 10.0 Å². The molecule has 5 atom stereocenters. The van der Waals surface area contributed by atoms with Gasteiger partial charge in [-0.15, -0.1) is 0 Å². The third-order valence-corrected chi connectivity index (χ3v) is 8.06. The molecular formula is C24H26O5Se. The first-order valence-electron chi connectivity index (χ1n) is 10.0. The molecule has 2 aromatic carbocycles. The Morgan fingerprint density at radius 1 is 0.900 bits per heavy atom. The first kappa shape index (κ1) is 21.5. The van der Waals surface area contributed by atoms with E-state index in [9.17, 15) is 20.4 Å². The SMILES string of the molecule is Cc1ccc([C@H]2O[C@@H](CO)[C@H](O)[C@H](O)[C@@H]2O)cc1Cc1ccc(-c2ccccc2)[se]1. The van der Waals surface area contributed by atoms with Crippen LogP contribution >= 0.6 is 0 Å². The number of aryl methyl sites for hydroxylation is 1. The van der Waals surface area contributed by atoms with Gasteiger partial charge in [0, 0.05) is 0 Å². The van der Waals surface area contributed by atoms with E-state index in [1.54, 1.807) is 0 Å². The second-order valence-electron chi connectivity index (χ2n) is 7.74. The van der Waals surface area contributed by atoms with E-state index in [1.807, 2.05) is 24.3 Å². The number of benzene rings is 2. The Bertz CT molecular complexity index is 984. The van der Waals surface area contributed by atoms with Crippen molar-refractivity contribution >= 4 is 14.5 Å². The van der Waals surface area contributed by atoms with Crippen molar-refractivity contribution < 1.29 is 25.2 Å². The fraction of sp³-hybridized carbons (Fsp3) is 0.333. The van der Waals surface area contributed by atoms with Crippen molar-refractivity contribution in [3.63, 3.8) is 0 Å². The molecule has 3 aromatic rings. The Morgan fingerprint density at radius 2 is 1.67 bits per heavy atom. The molecular weight excluding hydrogens is 447 g/mol. The summed E-state index contributed by atoms with van der Waals surface area (Å²) in [5, 5.41) is 40.0. The third-order valence-electron chi connectivity index (χ3n) is 5.68. The van der Waals surface area contributed by atoms with Crippen molar-refractivity contribution in [2.24, 2.45) is 0 Å². The van der Waals surface area contributed by atoms with E-state index in [1.165, 1.54) is 14.4 Å². The number of aliphatic hydroxyl groups is 4. The van der Waals surface area contributed by atoms with Crippen molar-refractivity contribution in [3.8, 4) is 10.0 Å². The summed E-state index contributed by atoms with van der Waals surface area (Å²) in [5.41, 5.74) is 4.28. The Morgan fingerprint density at radius 3 is 2.40 bits per heavy atom. The molecule has 1 fully saturated rings. The molecule has 1 aromatic heterocycles. The van der Waals surface area contributed by atoms with Crippen molar-refractivity contribution in [1.29, 1.82) is 0 Å². The normalized spacial score (nSPS) is 26.6. The van der Waals surface area contributed by atoms with Crippen LogP contribution in [0.4, 0.5) is 0 Å². The zero-order valence-corrected chi connectivity index (χ0v) is 18.4. The van der Waals surface area contributed by atoms with Gasteiger partial charge >= 0.3 is 182 Å². The van der Waals surface area contributed by atoms with Gasteiger partial charge in [-0.1, -0.05) is 0 Å². The Hall–Kier alpha value is -1.76. The van der Waals surface area contributed by atoms with E-state index in [0.717, 1.165) is 23.1 Å². The average Bonchev–Trinajstić information content (AvgIpc) is 3.23. The summed E-state index contributed by atoms with van der Waals surface area (Å²) in [6.45, 7) is 1.63. The van der Waals surface area contributed by atoms with Crippen LogP contribution in [0.5, 0.6) is 0 Å². The van der Waals surface area contributed by atoms with Crippen LogP contribution < -0.4 is 0 Å². The Balaban J connectivity index is 1.57. The molecule has 5 nitrogen and oxygen atoms in total. The summed E-state index contributed by atoms with van der Waals surface area (Å²) in [6.07, 6.45) is -4.88. The van der Waals surface area contributed by atoms with Gasteiger partial charge in [0.05, 0.1) is 0 Å². The Labute approximate surface area is 182 Å². The van der Waals surface area contributed by atoms with Gasteiger partial charge in [0.2, 0.25) is 0 Å². The van der Waals surface area contributed by atoms with Crippen molar-refractivity contribution in [2.45, 2.75) is 43.9 Å². The van der Waals surface area contributed by atoms with Crippen molar-refractivity contribution in [2.75, 3.05) is 6.61 Å². The topological polar surface area (TPSA) is 90.2 Å². The molecule has 0 saturated carbocycles. The fourth-order valence-electron chi connectivity index (χ4n) is 3.85. The molecule has 4 N–H and O–H groups in total. The Kier molecular flexibility index (Phi) is 6.56. The zero-order valence-electron chi connectivity index (χ0n) is 16.7. The molecule has 30 heavy (non-hydrogen) atoms. The monoisotopic (exact) mass is 474 g/mol. The molecule has 1 saturated heterocycles. The molecule has 0 amide bonds. The minimum absolute atomic E-state index is 0.257. The van der Waals surface area contributed by atoms with Crippen LogP contribution in [0.3, 0.4) is 0 Å². The maximum atomic E-state index is 10.4. The summed E-state index contributed by atoms with van der Waals surface area (Å²) in [6, 6.07) is 20.6. The molecule has 0 unspecified atom stereocenters. The predicted molar refractivity (Wildman–Crippen MR) is 116 cm³/mol. The molecule has 0 aliphatic carbocycles. The average molecular weight is 473 g/mol. The molecule has 4 rings (SSSR count). The standard InChI is InChI=1S/C24H26O5Se/c1-14-7-8-16(24-23(28)22(27)21(26)19(13-25)29-24)11-17(14)12-18-9-10-20(30-18)15-5-3-2-4-6-15/h2-11,19,21-28H,12-13H2,1H3/t19-,21-,22-,23-,24+/m0/s1. The second-order valence-corrected chi connectivity index (χ2v) is 10.2. The molecule has 0 radical (unpaired) electrons. The van der Waals surface area contributed by atoms with Gasteiger partial charge < -0.3 is 0 Å². The van der Waals surface area contributed by atoms with E-state index in [0.29, 0.717) is 0 Å². The molecule has 6 heteroatoms. The summed E-state index contributed by atoms with van der Waals surface area (Å²) < 4.78 is 8.46. The molecule has 1 aliphatic heterocycles. The van der Waals surface area contributed by atoms with Crippen LogP contribution in [-0.2, 0) is 11.2 Å². The van der Waals surface area contributed by atoms with E-state index in [-0.39, 0.29) is 14.5 Å². The number of hydrogen-bond acceptors (Lipinski definition) is 5. The maximum absolute atomic E-state index is 10.4. The molecule has 0 bridgehead atoms. The number of ether oxygens (including phenoxy) is 1. The number of hydrogen-bond donors (Lipinski definition) is 4. The van der Waals surface area contributed by atoms with Gasteiger partial charge in [0.1, 0.15) is 0 Å². The number of rotatable bonds is 5. The van der Waals surface area contributed by atoms with Crippen molar-refractivity contribution in [3.05, 3.63) is 81.8 Å². The first-order valence-corrected chi connectivity index (χ1v) is 11.7. The quantitative estimate of drug-likeness (QED) is 0.425. The van der Waals surface area contributed by atoms with Gasteiger partial charge in [-0.3, -0.25) is 0 Å². The summed E-state index contributed by atoms with van der Waals surface area (Å²) in [7, 11) is 0. The van der Waals surface area contributed by atoms with Crippen LogP contribution in [0.2, 0.25) is 0 Å². The molecule has 1 aliphatic rings. The van der Waals surface area contributed by atoms with Crippen molar-refractivity contribution in [1.82, 2.24) is 0 Å². The van der Waals surface area contributed by atoms with Gasteiger partial charge in [0.15, 0.2) is 0 Å². The van der Waals surface area contributed by atoms with Gasteiger partial charge in [-0.05, 0) is 0 Å².